The number of pyridine rings is 1. The SMILES string of the molecule is O=C(O)/C=C/c1ccc(/C(=C(\c2ncc(F)cc2Cl)C2CCC2)c2ccc3[nH]nc(F)c3c2)cc1F. The molecule has 0 aliphatic heterocycles. The van der Waals surface area contributed by atoms with Crippen molar-refractivity contribution in [3.63, 3.8) is 0 Å². The number of carboxylic acid groups (broad SMARTS) is 1. The number of benzene rings is 2. The Balaban J connectivity index is 1.80. The first-order valence-electron chi connectivity index (χ1n) is 11.2. The molecule has 5 rings (SSSR count). The zero-order valence-electron chi connectivity index (χ0n) is 18.7. The molecule has 2 heterocycles. The van der Waals surface area contributed by atoms with E-state index in [1.165, 1.54) is 24.3 Å². The molecule has 182 valence electrons. The zero-order chi connectivity index (χ0) is 25.4. The second kappa shape index (κ2) is 9.62. The average Bonchev–Trinajstić information content (AvgIpc) is 3.17. The van der Waals surface area contributed by atoms with Crippen LogP contribution in [0.5, 0.6) is 0 Å². The number of halogens is 4. The fourth-order valence-corrected chi connectivity index (χ4v) is 4.67. The summed E-state index contributed by atoms with van der Waals surface area (Å²) < 4.78 is 43.3. The minimum atomic E-state index is -1.20. The van der Waals surface area contributed by atoms with Crippen molar-refractivity contribution in [1.29, 1.82) is 0 Å². The first-order chi connectivity index (χ1) is 17.3. The molecule has 1 saturated carbocycles. The minimum absolute atomic E-state index is 0.0231. The maximum Gasteiger partial charge on any atom is 0.328 e. The highest BCUT2D eigenvalue weighted by atomic mass is 35.5. The number of aromatic nitrogens is 3. The third-order valence-corrected chi connectivity index (χ3v) is 6.63. The number of carboxylic acids is 1. The Bertz CT molecular complexity index is 1560. The van der Waals surface area contributed by atoms with E-state index in [1.807, 2.05) is 0 Å². The van der Waals surface area contributed by atoms with Gasteiger partial charge in [0.15, 0.2) is 0 Å². The molecule has 0 spiro atoms. The second-order valence-corrected chi connectivity index (χ2v) is 8.99. The van der Waals surface area contributed by atoms with Crippen LogP contribution in [0.2, 0.25) is 5.02 Å². The molecular formula is C27H19ClF3N3O2. The quantitative estimate of drug-likeness (QED) is 0.277. The summed E-state index contributed by atoms with van der Waals surface area (Å²) in [6.45, 7) is 0. The molecule has 0 saturated heterocycles. The van der Waals surface area contributed by atoms with Gasteiger partial charge in [0.25, 0.3) is 0 Å². The van der Waals surface area contributed by atoms with Crippen molar-refractivity contribution in [2.45, 2.75) is 19.3 Å². The van der Waals surface area contributed by atoms with Gasteiger partial charge in [-0.2, -0.15) is 4.39 Å². The summed E-state index contributed by atoms with van der Waals surface area (Å²) in [6, 6.07) is 10.7. The number of H-pyrrole nitrogens is 1. The van der Waals surface area contributed by atoms with Gasteiger partial charge in [0.1, 0.15) is 11.6 Å². The topological polar surface area (TPSA) is 78.9 Å². The molecule has 0 amide bonds. The first-order valence-corrected chi connectivity index (χ1v) is 11.6. The predicted molar refractivity (Wildman–Crippen MR) is 132 cm³/mol. The molecule has 36 heavy (non-hydrogen) atoms. The van der Waals surface area contributed by atoms with E-state index in [2.05, 4.69) is 15.2 Å². The number of carbonyl (C=O) groups is 1. The van der Waals surface area contributed by atoms with E-state index in [-0.39, 0.29) is 21.9 Å². The van der Waals surface area contributed by atoms with Crippen LogP contribution in [0.25, 0.3) is 28.1 Å². The molecule has 1 aliphatic rings. The van der Waals surface area contributed by atoms with E-state index < -0.39 is 23.6 Å². The molecule has 0 unspecified atom stereocenters. The predicted octanol–water partition coefficient (Wildman–Crippen LogP) is 6.89. The van der Waals surface area contributed by atoms with Crippen LogP contribution in [0.3, 0.4) is 0 Å². The standard InChI is InChI=1S/C27H19ClF3N3O2/c28-20-12-18(29)13-32-26(20)25(15-2-1-3-15)24(16-6-8-22-19(10-16)27(31)34-33-22)17-5-4-14(21(30)11-17)7-9-23(35)36/h4-13,15H,1-3H2,(H,33,34)(H,35,36)/b9-7+,25-24-. The summed E-state index contributed by atoms with van der Waals surface area (Å²) >= 11 is 6.45. The molecule has 4 aromatic rings. The van der Waals surface area contributed by atoms with E-state index >= 15 is 4.39 Å². The van der Waals surface area contributed by atoms with Crippen molar-refractivity contribution < 1.29 is 23.1 Å². The Kier molecular flexibility index (Phi) is 6.36. The lowest BCUT2D eigenvalue weighted by atomic mass is 9.74. The number of hydrogen-bond donors (Lipinski definition) is 2. The summed E-state index contributed by atoms with van der Waals surface area (Å²) in [5.74, 6) is -3.06. The van der Waals surface area contributed by atoms with Crippen molar-refractivity contribution >= 4 is 45.7 Å². The number of nitrogens with one attached hydrogen (secondary N) is 1. The van der Waals surface area contributed by atoms with Gasteiger partial charge in [0.2, 0.25) is 5.95 Å². The van der Waals surface area contributed by atoms with Gasteiger partial charge in [-0.15, -0.1) is 5.10 Å². The second-order valence-electron chi connectivity index (χ2n) is 8.58. The fraction of sp³-hybridized carbons (Fsp3) is 0.148. The number of fused-ring (bicyclic) bond motifs is 1. The third kappa shape index (κ3) is 4.52. The Hall–Kier alpha value is -3.91. The van der Waals surface area contributed by atoms with Crippen LogP contribution in [0, 0.1) is 23.5 Å². The lowest BCUT2D eigenvalue weighted by Crippen LogP contribution is -2.16. The molecule has 0 bridgehead atoms. The van der Waals surface area contributed by atoms with E-state index in [4.69, 9.17) is 16.7 Å². The highest BCUT2D eigenvalue weighted by Gasteiger charge is 2.30. The van der Waals surface area contributed by atoms with Gasteiger partial charge in [0, 0.05) is 11.6 Å². The zero-order valence-corrected chi connectivity index (χ0v) is 19.5. The van der Waals surface area contributed by atoms with Gasteiger partial charge in [-0.3, -0.25) is 10.1 Å². The van der Waals surface area contributed by atoms with Crippen LogP contribution in [0.4, 0.5) is 13.2 Å². The molecule has 0 atom stereocenters. The summed E-state index contributed by atoms with van der Waals surface area (Å²) in [4.78, 5) is 15.2. The number of aromatic amines is 1. The van der Waals surface area contributed by atoms with E-state index in [9.17, 15) is 13.6 Å². The highest BCUT2D eigenvalue weighted by molar-refractivity contribution is 6.32. The average molecular weight is 510 g/mol. The Morgan fingerprint density at radius 2 is 1.83 bits per heavy atom. The molecule has 5 nitrogen and oxygen atoms in total. The lowest BCUT2D eigenvalue weighted by molar-refractivity contribution is -0.131. The molecular weight excluding hydrogens is 491 g/mol. The van der Waals surface area contributed by atoms with Crippen molar-refractivity contribution in [1.82, 2.24) is 15.2 Å². The van der Waals surface area contributed by atoms with Crippen LogP contribution >= 0.6 is 11.6 Å². The number of aliphatic carboxylic acids is 1. The monoisotopic (exact) mass is 509 g/mol. The number of allylic oxidation sites excluding steroid dienone is 1. The third-order valence-electron chi connectivity index (χ3n) is 6.35. The van der Waals surface area contributed by atoms with E-state index in [0.29, 0.717) is 33.5 Å². The molecule has 1 aliphatic carbocycles. The molecule has 0 radical (unpaired) electrons. The highest BCUT2D eigenvalue weighted by Crippen LogP contribution is 2.46. The van der Waals surface area contributed by atoms with Gasteiger partial charge in [0.05, 0.1) is 27.8 Å². The van der Waals surface area contributed by atoms with Gasteiger partial charge >= 0.3 is 5.97 Å². The van der Waals surface area contributed by atoms with Crippen molar-refractivity contribution in [3.05, 3.63) is 99.7 Å². The normalized spacial score (nSPS) is 14.8. The number of rotatable bonds is 6. The van der Waals surface area contributed by atoms with Gasteiger partial charge in [-0.25, -0.2) is 13.6 Å². The fourth-order valence-electron chi connectivity index (χ4n) is 4.42. The van der Waals surface area contributed by atoms with Crippen LogP contribution < -0.4 is 0 Å². The van der Waals surface area contributed by atoms with Gasteiger partial charge in [-0.05, 0) is 71.4 Å². The maximum absolute atomic E-state index is 15.1. The largest absolute Gasteiger partial charge is 0.478 e. The van der Waals surface area contributed by atoms with E-state index in [1.54, 1.807) is 24.3 Å². The Morgan fingerprint density at radius 3 is 2.50 bits per heavy atom. The van der Waals surface area contributed by atoms with Crippen LogP contribution in [0.15, 0.2) is 54.7 Å². The Labute approximate surface area is 208 Å². The van der Waals surface area contributed by atoms with Gasteiger partial charge in [-0.1, -0.05) is 36.2 Å². The van der Waals surface area contributed by atoms with Gasteiger partial charge < -0.3 is 5.11 Å². The first kappa shape index (κ1) is 23.8. The summed E-state index contributed by atoms with van der Waals surface area (Å²) in [5, 5.41) is 15.5. The lowest BCUT2D eigenvalue weighted by Gasteiger charge is -2.31. The molecule has 1 fully saturated rings. The molecule has 2 aromatic heterocycles. The summed E-state index contributed by atoms with van der Waals surface area (Å²) in [5.41, 5.74) is 3.31. The van der Waals surface area contributed by atoms with E-state index in [0.717, 1.165) is 31.5 Å². The summed E-state index contributed by atoms with van der Waals surface area (Å²) in [7, 11) is 0. The maximum atomic E-state index is 15.1. The van der Waals surface area contributed by atoms with Crippen LogP contribution in [-0.2, 0) is 4.79 Å². The number of nitrogens with zero attached hydrogens (tertiary/aromatic N) is 2. The minimum Gasteiger partial charge on any atom is -0.478 e. The van der Waals surface area contributed by atoms with Crippen LogP contribution in [0.1, 0.15) is 41.6 Å². The number of hydrogen-bond acceptors (Lipinski definition) is 3. The van der Waals surface area contributed by atoms with Crippen molar-refractivity contribution in [2.24, 2.45) is 5.92 Å². The smallest absolute Gasteiger partial charge is 0.328 e. The van der Waals surface area contributed by atoms with Crippen molar-refractivity contribution in [3.8, 4) is 0 Å². The van der Waals surface area contributed by atoms with Crippen LogP contribution in [-0.4, -0.2) is 26.3 Å². The Morgan fingerprint density at radius 1 is 1.08 bits per heavy atom. The molecule has 2 aromatic carbocycles. The molecule has 2 N–H and O–H groups in total. The summed E-state index contributed by atoms with van der Waals surface area (Å²) in [6.07, 6.45) is 5.74. The molecule has 9 heteroatoms. The van der Waals surface area contributed by atoms with Crippen molar-refractivity contribution in [2.75, 3.05) is 0 Å².